The number of alkyl carbamates (subject to hydrolysis) is 1. The summed E-state index contributed by atoms with van der Waals surface area (Å²) in [5.74, 6) is 0.225. The molecule has 3 rings (SSSR count). The van der Waals surface area contributed by atoms with Crippen LogP contribution in [-0.2, 0) is 20.7 Å². The normalized spacial score (nSPS) is 12.1. The van der Waals surface area contributed by atoms with E-state index in [-0.39, 0.29) is 13.0 Å². The van der Waals surface area contributed by atoms with E-state index in [0.717, 1.165) is 27.8 Å². The van der Waals surface area contributed by atoms with Crippen molar-refractivity contribution in [1.29, 1.82) is 0 Å². The molecule has 2 heterocycles. The molecule has 168 valence electrons. The van der Waals surface area contributed by atoms with Gasteiger partial charge >= 0.3 is 12.1 Å². The molecule has 3 aromatic rings. The van der Waals surface area contributed by atoms with Crippen LogP contribution in [0.5, 0.6) is 0 Å². The van der Waals surface area contributed by atoms with Gasteiger partial charge in [-0.25, -0.2) is 14.6 Å². The monoisotopic (exact) mass is 436 g/mol. The fourth-order valence-electron chi connectivity index (χ4n) is 3.10. The van der Waals surface area contributed by atoms with Gasteiger partial charge in [-0.2, -0.15) is 0 Å². The molecule has 1 atom stereocenters. The van der Waals surface area contributed by atoms with Gasteiger partial charge in [-0.15, -0.1) is 0 Å². The van der Waals surface area contributed by atoms with Crippen molar-refractivity contribution in [1.82, 2.24) is 15.3 Å². The number of carbonyl (C=O) groups is 2. The summed E-state index contributed by atoms with van der Waals surface area (Å²) in [5, 5.41) is 7.88. The van der Waals surface area contributed by atoms with Crippen LogP contribution in [0.2, 0.25) is 0 Å². The first-order valence-corrected chi connectivity index (χ1v) is 10.5. The van der Waals surface area contributed by atoms with E-state index in [0.29, 0.717) is 0 Å². The van der Waals surface area contributed by atoms with Crippen molar-refractivity contribution in [3.63, 3.8) is 0 Å². The predicted molar refractivity (Wildman–Crippen MR) is 123 cm³/mol. The number of amides is 1. The number of pyridine rings is 2. The highest BCUT2D eigenvalue weighted by Crippen LogP contribution is 2.23. The average Bonchev–Trinajstić information content (AvgIpc) is 2.74. The second-order valence-corrected chi connectivity index (χ2v) is 8.23. The minimum atomic E-state index is -0.851. The number of hydrogen-bond donors (Lipinski definition) is 2. The fourth-order valence-corrected chi connectivity index (χ4v) is 3.10. The van der Waals surface area contributed by atoms with Crippen LogP contribution in [0.25, 0.3) is 10.8 Å². The van der Waals surface area contributed by atoms with Crippen LogP contribution in [0.3, 0.4) is 0 Å². The number of rotatable bonds is 7. The molecule has 1 aromatic carbocycles. The lowest BCUT2D eigenvalue weighted by molar-refractivity contribution is -0.145. The number of benzene rings is 1. The van der Waals surface area contributed by atoms with Crippen molar-refractivity contribution in [3.8, 4) is 0 Å². The van der Waals surface area contributed by atoms with E-state index >= 15 is 0 Å². The van der Waals surface area contributed by atoms with Gasteiger partial charge in [0.1, 0.15) is 17.5 Å². The van der Waals surface area contributed by atoms with E-state index in [4.69, 9.17) is 9.47 Å². The number of fused-ring (bicyclic) bond motifs is 1. The molecule has 0 saturated carbocycles. The molecule has 0 saturated heterocycles. The maximum absolute atomic E-state index is 12.4. The maximum atomic E-state index is 12.4. The van der Waals surface area contributed by atoms with E-state index in [2.05, 4.69) is 20.6 Å². The number of aromatic nitrogens is 2. The molecule has 0 aliphatic carbocycles. The Morgan fingerprint density at radius 3 is 2.50 bits per heavy atom. The molecule has 8 heteroatoms. The Labute approximate surface area is 187 Å². The molecule has 32 heavy (non-hydrogen) atoms. The minimum Gasteiger partial charge on any atom is -0.464 e. The van der Waals surface area contributed by atoms with Crippen molar-refractivity contribution in [2.24, 2.45) is 0 Å². The topological polar surface area (TPSA) is 102 Å². The Bertz CT molecular complexity index is 1070. The largest absolute Gasteiger partial charge is 0.464 e. The Morgan fingerprint density at radius 1 is 1.06 bits per heavy atom. The molecule has 2 aromatic heterocycles. The summed E-state index contributed by atoms with van der Waals surface area (Å²) >= 11 is 0. The first kappa shape index (κ1) is 23.0. The Morgan fingerprint density at radius 2 is 1.81 bits per heavy atom. The van der Waals surface area contributed by atoms with Crippen LogP contribution >= 0.6 is 0 Å². The number of anilines is 2. The van der Waals surface area contributed by atoms with Crippen LogP contribution < -0.4 is 10.6 Å². The lowest BCUT2D eigenvalue weighted by Gasteiger charge is -2.23. The van der Waals surface area contributed by atoms with Crippen LogP contribution in [0.15, 0.2) is 55.0 Å². The Balaban J connectivity index is 1.71. The number of carbonyl (C=O) groups excluding carboxylic acids is 2. The van der Waals surface area contributed by atoms with E-state index in [1.807, 2.05) is 36.4 Å². The van der Waals surface area contributed by atoms with Crippen molar-refractivity contribution >= 4 is 34.3 Å². The van der Waals surface area contributed by atoms with Crippen LogP contribution in [0.1, 0.15) is 33.3 Å². The van der Waals surface area contributed by atoms with Crippen molar-refractivity contribution in [2.75, 3.05) is 11.9 Å². The molecule has 0 spiro atoms. The summed E-state index contributed by atoms with van der Waals surface area (Å²) < 4.78 is 10.4. The second-order valence-electron chi connectivity index (χ2n) is 8.23. The number of nitrogens with zero attached hydrogens (tertiary/aromatic N) is 2. The molecule has 0 radical (unpaired) electrons. The molecule has 0 fully saturated rings. The number of hydrogen-bond acceptors (Lipinski definition) is 7. The molecule has 0 aliphatic heterocycles. The van der Waals surface area contributed by atoms with Crippen LogP contribution in [0.4, 0.5) is 16.3 Å². The van der Waals surface area contributed by atoms with Crippen LogP contribution in [0, 0.1) is 0 Å². The Kier molecular flexibility index (Phi) is 7.25. The molecular weight excluding hydrogens is 408 g/mol. The smallest absolute Gasteiger partial charge is 0.408 e. The summed E-state index contributed by atoms with van der Waals surface area (Å²) in [6.07, 6.45) is 4.86. The molecule has 1 unspecified atom stereocenters. The van der Waals surface area contributed by atoms with Gasteiger partial charge in [0, 0.05) is 41.5 Å². The third-order valence-corrected chi connectivity index (χ3v) is 4.48. The van der Waals surface area contributed by atoms with E-state index in [9.17, 15) is 9.59 Å². The maximum Gasteiger partial charge on any atom is 0.408 e. The highest BCUT2D eigenvalue weighted by Gasteiger charge is 2.25. The second kappa shape index (κ2) is 10.1. The molecule has 0 bridgehead atoms. The van der Waals surface area contributed by atoms with Gasteiger partial charge in [0.15, 0.2) is 0 Å². The fraction of sp³-hybridized carbons (Fsp3) is 0.333. The minimum absolute atomic E-state index is 0.224. The summed E-state index contributed by atoms with van der Waals surface area (Å²) in [6, 6.07) is 10.5. The first-order valence-electron chi connectivity index (χ1n) is 10.5. The van der Waals surface area contributed by atoms with Crippen molar-refractivity contribution in [3.05, 3.63) is 60.6 Å². The quantitative estimate of drug-likeness (QED) is 0.530. The van der Waals surface area contributed by atoms with Gasteiger partial charge in [-0.3, -0.25) is 4.98 Å². The molecular formula is C24H28N4O4. The van der Waals surface area contributed by atoms with Gasteiger partial charge in [0.05, 0.1) is 6.61 Å². The van der Waals surface area contributed by atoms with Crippen molar-refractivity contribution in [2.45, 2.75) is 45.8 Å². The average molecular weight is 437 g/mol. The predicted octanol–water partition coefficient (Wildman–Crippen LogP) is 4.37. The highest BCUT2D eigenvalue weighted by atomic mass is 16.6. The number of nitrogens with one attached hydrogen (secondary N) is 2. The Hall–Kier alpha value is -3.68. The third kappa shape index (κ3) is 6.41. The molecule has 1 amide bonds. The van der Waals surface area contributed by atoms with E-state index < -0.39 is 23.7 Å². The number of esters is 1. The van der Waals surface area contributed by atoms with Gasteiger partial charge < -0.3 is 20.1 Å². The van der Waals surface area contributed by atoms with Crippen molar-refractivity contribution < 1.29 is 19.1 Å². The molecule has 0 aliphatic rings. The van der Waals surface area contributed by atoms with Gasteiger partial charge in [-0.05, 0) is 57.5 Å². The van der Waals surface area contributed by atoms with Gasteiger partial charge in [0.2, 0.25) is 0 Å². The van der Waals surface area contributed by atoms with E-state index in [1.165, 1.54) is 0 Å². The third-order valence-electron chi connectivity index (χ3n) is 4.48. The standard InChI is InChI=1S/C24H28N4O4/c1-5-31-22(29)20(28-23(30)32-24(2,3)4)14-16-6-8-18(9-7-16)27-21-19-11-12-25-15-17(19)10-13-26-21/h6-13,15,20H,5,14H2,1-4H3,(H,26,27)(H,28,30). The zero-order valence-corrected chi connectivity index (χ0v) is 18.7. The highest BCUT2D eigenvalue weighted by molar-refractivity contribution is 5.92. The summed E-state index contributed by atoms with van der Waals surface area (Å²) in [4.78, 5) is 33.1. The zero-order chi connectivity index (χ0) is 23.1. The summed E-state index contributed by atoms with van der Waals surface area (Å²) in [7, 11) is 0. The molecule has 2 N–H and O–H groups in total. The van der Waals surface area contributed by atoms with Crippen LogP contribution in [-0.4, -0.2) is 40.3 Å². The lowest BCUT2D eigenvalue weighted by atomic mass is 10.1. The lowest BCUT2D eigenvalue weighted by Crippen LogP contribution is -2.45. The first-order chi connectivity index (χ1) is 15.2. The zero-order valence-electron chi connectivity index (χ0n) is 18.7. The summed E-state index contributed by atoms with van der Waals surface area (Å²) in [5.41, 5.74) is 1.04. The molecule has 8 nitrogen and oxygen atoms in total. The summed E-state index contributed by atoms with van der Waals surface area (Å²) in [6.45, 7) is 7.24. The number of ether oxygens (including phenoxy) is 2. The SMILES string of the molecule is CCOC(=O)C(Cc1ccc(Nc2nccc3cnccc23)cc1)NC(=O)OC(C)(C)C. The van der Waals surface area contributed by atoms with Gasteiger partial charge in [-0.1, -0.05) is 12.1 Å². The van der Waals surface area contributed by atoms with E-state index in [1.54, 1.807) is 46.3 Å². The van der Waals surface area contributed by atoms with Gasteiger partial charge in [0.25, 0.3) is 0 Å².